The average molecular weight is 304 g/mol. The zero-order valence-electron chi connectivity index (χ0n) is 11.9. The molecule has 0 fully saturated rings. The van der Waals surface area contributed by atoms with Crippen LogP contribution in [0.5, 0.6) is 5.75 Å². The Labute approximate surface area is 129 Å². The monoisotopic (exact) mass is 303 g/mol. The second-order valence-corrected chi connectivity index (χ2v) is 5.00. The number of rotatable bonds is 6. The van der Waals surface area contributed by atoms with Crippen molar-refractivity contribution in [1.82, 2.24) is 0 Å². The number of aryl methyl sites for hydroxylation is 1. The number of alkyl halides is 1. The van der Waals surface area contributed by atoms with E-state index in [4.69, 9.17) is 16.3 Å². The van der Waals surface area contributed by atoms with Crippen LogP contribution in [0, 0.1) is 0 Å². The quantitative estimate of drug-likeness (QED) is 0.819. The maximum absolute atomic E-state index is 11.9. The van der Waals surface area contributed by atoms with Crippen molar-refractivity contribution in [3.63, 3.8) is 0 Å². The zero-order chi connectivity index (χ0) is 15.1. The minimum absolute atomic E-state index is 0.00228. The van der Waals surface area contributed by atoms with Gasteiger partial charge in [-0.3, -0.25) is 4.79 Å². The predicted molar refractivity (Wildman–Crippen MR) is 85.9 cm³/mol. The van der Waals surface area contributed by atoms with Crippen LogP contribution >= 0.6 is 11.6 Å². The molecule has 0 unspecified atom stereocenters. The van der Waals surface area contributed by atoms with Gasteiger partial charge in [-0.2, -0.15) is 0 Å². The third-order valence-corrected chi connectivity index (χ3v) is 3.47. The summed E-state index contributed by atoms with van der Waals surface area (Å²) in [5, 5.41) is 2.89. The number of nitrogens with one attached hydrogen (secondary N) is 1. The molecule has 0 aromatic heterocycles. The smallest absolute Gasteiger partial charge is 0.224 e. The van der Waals surface area contributed by atoms with E-state index < -0.39 is 0 Å². The fraction of sp³-hybridized carbons (Fsp3) is 0.235. The summed E-state index contributed by atoms with van der Waals surface area (Å²) in [4.78, 5) is 11.9. The first-order valence-corrected chi connectivity index (χ1v) is 7.32. The predicted octanol–water partition coefficient (Wildman–Crippen LogP) is 4.01. The molecule has 0 radical (unpaired) electrons. The van der Waals surface area contributed by atoms with Crippen LogP contribution in [0.25, 0.3) is 0 Å². The number of hydrogen-bond acceptors (Lipinski definition) is 2. The Morgan fingerprint density at radius 1 is 1.14 bits per heavy atom. The summed E-state index contributed by atoms with van der Waals surface area (Å²) in [5.41, 5.74) is 2.89. The Morgan fingerprint density at radius 3 is 2.57 bits per heavy atom. The number of anilines is 1. The van der Waals surface area contributed by atoms with Crippen LogP contribution in [0.15, 0.2) is 48.5 Å². The van der Waals surface area contributed by atoms with Crippen LogP contribution < -0.4 is 10.1 Å². The van der Waals surface area contributed by atoms with Crippen LogP contribution in [0.1, 0.15) is 17.5 Å². The Hall–Kier alpha value is -2.00. The first-order chi connectivity index (χ1) is 10.2. The first kappa shape index (κ1) is 15.4. The third kappa shape index (κ3) is 4.80. The van der Waals surface area contributed by atoms with Crippen molar-refractivity contribution in [3.05, 3.63) is 59.7 Å². The maximum Gasteiger partial charge on any atom is 0.224 e. The van der Waals surface area contributed by atoms with Crippen molar-refractivity contribution in [2.24, 2.45) is 0 Å². The molecule has 0 atom stereocenters. The van der Waals surface area contributed by atoms with Crippen molar-refractivity contribution in [3.8, 4) is 5.75 Å². The maximum atomic E-state index is 11.9. The molecule has 0 heterocycles. The van der Waals surface area contributed by atoms with E-state index in [0.29, 0.717) is 18.7 Å². The molecule has 21 heavy (non-hydrogen) atoms. The molecule has 110 valence electrons. The number of ether oxygens (including phenoxy) is 1. The van der Waals surface area contributed by atoms with E-state index in [2.05, 4.69) is 5.32 Å². The van der Waals surface area contributed by atoms with Gasteiger partial charge in [0.1, 0.15) is 5.75 Å². The molecule has 1 N–H and O–H groups in total. The first-order valence-electron chi connectivity index (χ1n) is 6.79. The normalized spacial score (nSPS) is 10.2. The van der Waals surface area contributed by atoms with Gasteiger partial charge in [-0.15, -0.1) is 11.6 Å². The Bertz CT molecular complexity index is 596. The average Bonchev–Trinajstić information content (AvgIpc) is 2.53. The largest absolute Gasteiger partial charge is 0.497 e. The molecule has 0 bridgehead atoms. The molecule has 2 aromatic carbocycles. The Kier molecular flexibility index (Phi) is 5.64. The van der Waals surface area contributed by atoms with Crippen molar-refractivity contribution in [2.45, 2.75) is 18.7 Å². The molecular formula is C17H18ClNO2. The number of benzene rings is 2. The zero-order valence-corrected chi connectivity index (χ0v) is 12.7. The van der Waals surface area contributed by atoms with Crippen LogP contribution in [0.2, 0.25) is 0 Å². The molecule has 2 rings (SSSR count). The van der Waals surface area contributed by atoms with E-state index in [-0.39, 0.29) is 5.91 Å². The topological polar surface area (TPSA) is 38.3 Å². The highest BCUT2D eigenvalue weighted by Crippen LogP contribution is 2.15. The summed E-state index contributed by atoms with van der Waals surface area (Å²) in [6.07, 6.45) is 1.14. The highest BCUT2D eigenvalue weighted by atomic mass is 35.5. The van der Waals surface area contributed by atoms with Gasteiger partial charge in [0.05, 0.1) is 7.11 Å². The number of halogens is 1. The molecule has 3 nitrogen and oxygen atoms in total. The SMILES string of the molecule is COc1ccc(CCC(=O)Nc2cccc(CCl)c2)cc1. The van der Waals surface area contributed by atoms with Gasteiger partial charge in [-0.25, -0.2) is 0 Å². The fourth-order valence-corrected chi connectivity index (χ4v) is 2.17. The highest BCUT2D eigenvalue weighted by Gasteiger charge is 2.04. The van der Waals surface area contributed by atoms with E-state index >= 15 is 0 Å². The fourth-order valence-electron chi connectivity index (χ4n) is 2.01. The van der Waals surface area contributed by atoms with Gasteiger partial charge in [-0.05, 0) is 41.8 Å². The lowest BCUT2D eigenvalue weighted by atomic mass is 10.1. The molecule has 0 saturated carbocycles. The van der Waals surface area contributed by atoms with Crippen molar-refractivity contribution in [1.29, 1.82) is 0 Å². The van der Waals surface area contributed by atoms with E-state index in [1.807, 2.05) is 48.5 Å². The third-order valence-electron chi connectivity index (χ3n) is 3.16. The summed E-state index contributed by atoms with van der Waals surface area (Å²) >= 11 is 5.78. The molecule has 1 amide bonds. The van der Waals surface area contributed by atoms with Gasteiger partial charge in [0.25, 0.3) is 0 Å². The Balaban J connectivity index is 1.86. The van der Waals surface area contributed by atoms with Crippen molar-refractivity contribution < 1.29 is 9.53 Å². The molecule has 4 heteroatoms. The lowest BCUT2D eigenvalue weighted by Crippen LogP contribution is -2.12. The number of carbonyl (C=O) groups is 1. The van der Waals surface area contributed by atoms with Crippen LogP contribution in [-0.4, -0.2) is 13.0 Å². The molecular weight excluding hydrogens is 286 g/mol. The summed E-state index contributed by atoms with van der Waals surface area (Å²) in [5.74, 6) is 1.26. The molecule has 0 spiro atoms. The summed E-state index contributed by atoms with van der Waals surface area (Å²) in [6.45, 7) is 0. The molecule has 0 aliphatic rings. The van der Waals surface area contributed by atoms with Gasteiger partial charge in [0.15, 0.2) is 0 Å². The lowest BCUT2D eigenvalue weighted by Gasteiger charge is -2.07. The number of hydrogen-bond donors (Lipinski definition) is 1. The highest BCUT2D eigenvalue weighted by molar-refractivity contribution is 6.17. The molecule has 2 aromatic rings. The van der Waals surface area contributed by atoms with E-state index in [1.165, 1.54) is 0 Å². The van der Waals surface area contributed by atoms with Gasteiger partial charge < -0.3 is 10.1 Å². The molecule has 0 aliphatic carbocycles. The van der Waals surface area contributed by atoms with Gasteiger partial charge in [0.2, 0.25) is 5.91 Å². The standard InChI is InChI=1S/C17H18ClNO2/c1-21-16-8-5-13(6-9-16)7-10-17(20)19-15-4-2-3-14(11-15)12-18/h2-6,8-9,11H,7,10,12H2,1H3,(H,19,20). The van der Waals surface area contributed by atoms with Gasteiger partial charge in [0, 0.05) is 18.0 Å². The second kappa shape index (κ2) is 7.70. The van der Waals surface area contributed by atoms with E-state index in [9.17, 15) is 4.79 Å². The van der Waals surface area contributed by atoms with E-state index in [0.717, 1.165) is 22.6 Å². The minimum Gasteiger partial charge on any atom is -0.497 e. The second-order valence-electron chi connectivity index (χ2n) is 4.73. The van der Waals surface area contributed by atoms with Crippen molar-refractivity contribution >= 4 is 23.2 Å². The summed E-state index contributed by atoms with van der Waals surface area (Å²) in [7, 11) is 1.64. The lowest BCUT2D eigenvalue weighted by molar-refractivity contribution is -0.116. The van der Waals surface area contributed by atoms with Crippen LogP contribution in [0.3, 0.4) is 0 Å². The van der Waals surface area contributed by atoms with Crippen molar-refractivity contribution in [2.75, 3.05) is 12.4 Å². The van der Waals surface area contributed by atoms with Gasteiger partial charge >= 0.3 is 0 Å². The summed E-state index contributed by atoms with van der Waals surface area (Å²) < 4.78 is 5.11. The number of methoxy groups -OCH3 is 1. The summed E-state index contributed by atoms with van der Waals surface area (Å²) in [6, 6.07) is 15.3. The Morgan fingerprint density at radius 2 is 1.90 bits per heavy atom. The molecule has 0 saturated heterocycles. The van der Waals surface area contributed by atoms with E-state index in [1.54, 1.807) is 7.11 Å². The molecule has 0 aliphatic heterocycles. The van der Waals surface area contributed by atoms with Crippen LogP contribution in [-0.2, 0) is 17.1 Å². The number of amides is 1. The van der Waals surface area contributed by atoms with Crippen LogP contribution in [0.4, 0.5) is 5.69 Å². The minimum atomic E-state index is -0.00228. The van der Waals surface area contributed by atoms with Gasteiger partial charge in [-0.1, -0.05) is 24.3 Å². The number of carbonyl (C=O) groups excluding carboxylic acids is 1.